The number of nitrogens with zero attached hydrogens (tertiary/aromatic N) is 2. The second kappa shape index (κ2) is 9.62. The van der Waals surface area contributed by atoms with Crippen LogP contribution in [0.15, 0.2) is 63.1 Å². The number of thioether (sulfide) groups is 2. The van der Waals surface area contributed by atoms with Crippen LogP contribution < -0.4 is 5.32 Å². The highest BCUT2D eigenvalue weighted by atomic mass is 32.2. The van der Waals surface area contributed by atoms with Crippen LogP contribution in [0.25, 0.3) is 0 Å². The summed E-state index contributed by atoms with van der Waals surface area (Å²) in [7, 11) is 0. The van der Waals surface area contributed by atoms with E-state index in [4.69, 9.17) is 4.52 Å². The van der Waals surface area contributed by atoms with E-state index in [-0.39, 0.29) is 5.91 Å². The van der Waals surface area contributed by atoms with Crippen molar-refractivity contribution in [2.24, 2.45) is 0 Å². The number of hydrogen-bond donors (Lipinski definition) is 1. The SMILES string of the molecule is Cc1noc(C)c1CSc1ncccc1C(=O)NCCSc1ccccc1. The molecule has 3 aromatic rings. The zero-order valence-corrected chi connectivity index (χ0v) is 16.9. The summed E-state index contributed by atoms with van der Waals surface area (Å²) in [4.78, 5) is 18.1. The Morgan fingerprint density at radius 3 is 2.67 bits per heavy atom. The Kier molecular flexibility index (Phi) is 6.95. The Bertz CT molecular complexity index is 878. The average molecular weight is 400 g/mol. The zero-order valence-electron chi connectivity index (χ0n) is 15.3. The number of amides is 1. The van der Waals surface area contributed by atoms with Gasteiger partial charge in [-0.3, -0.25) is 4.79 Å². The summed E-state index contributed by atoms with van der Waals surface area (Å²) in [6, 6.07) is 13.7. The molecule has 0 radical (unpaired) electrons. The van der Waals surface area contributed by atoms with Crippen molar-refractivity contribution in [3.05, 3.63) is 71.2 Å². The summed E-state index contributed by atoms with van der Waals surface area (Å²) in [6.07, 6.45) is 1.71. The molecule has 0 saturated carbocycles. The van der Waals surface area contributed by atoms with Gasteiger partial charge in [0, 0.05) is 34.7 Å². The third-order valence-electron chi connectivity index (χ3n) is 3.95. The molecule has 5 nitrogen and oxygen atoms in total. The van der Waals surface area contributed by atoms with Crippen molar-refractivity contribution in [3.8, 4) is 0 Å². The second-order valence-corrected chi connectivity index (χ2v) is 8.00. The highest BCUT2D eigenvalue weighted by molar-refractivity contribution is 7.99. The Hall–Kier alpha value is -2.25. The fourth-order valence-electron chi connectivity index (χ4n) is 2.47. The molecule has 0 fully saturated rings. The molecule has 0 unspecified atom stereocenters. The minimum atomic E-state index is -0.0991. The normalized spacial score (nSPS) is 10.7. The van der Waals surface area contributed by atoms with Crippen molar-refractivity contribution in [3.63, 3.8) is 0 Å². The van der Waals surface area contributed by atoms with Crippen LogP contribution in [0.3, 0.4) is 0 Å². The van der Waals surface area contributed by atoms with Crippen molar-refractivity contribution >= 4 is 29.4 Å². The summed E-state index contributed by atoms with van der Waals surface area (Å²) >= 11 is 3.24. The van der Waals surface area contributed by atoms with Gasteiger partial charge in [-0.15, -0.1) is 23.5 Å². The summed E-state index contributed by atoms with van der Waals surface area (Å²) in [5, 5.41) is 7.67. The van der Waals surface area contributed by atoms with Gasteiger partial charge >= 0.3 is 0 Å². The Balaban J connectivity index is 1.55. The van der Waals surface area contributed by atoms with Crippen LogP contribution in [0.4, 0.5) is 0 Å². The minimum Gasteiger partial charge on any atom is -0.361 e. The lowest BCUT2D eigenvalue weighted by atomic mass is 10.2. The fourth-order valence-corrected chi connectivity index (χ4v) is 4.41. The monoisotopic (exact) mass is 399 g/mol. The average Bonchev–Trinajstić information content (AvgIpc) is 3.02. The molecule has 0 aliphatic carbocycles. The molecule has 140 valence electrons. The van der Waals surface area contributed by atoms with Crippen LogP contribution >= 0.6 is 23.5 Å². The lowest BCUT2D eigenvalue weighted by molar-refractivity contribution is 0.0952. The van der Waals surface area contributed by atoms with E-state index in [0.717, 1.165) is 22.8 Å². The van der Waals surface area contributed by atoms with Crippen molar-refractivity contribution in [2.45, 2.75) is 29.5 Å². The third-order valence-corrected chi connectivity index (χ3v) is 6.00. The predicted molar refractivity (Wildman–Crippen MR) is 109 cm³/mol. The molecule has 1 aromatic carbocycles. The number of carbonyl (C=O) groups excluding carboxylic acids is 1. The van der Waals surface area contributed by atoms with E-state index in [2.05, 4.69) is 27.6 Å². The molecule has 1 amide bonds. The predicted octanol–water partition coefficient (Wildman–Crippen LogP) is 4.50. The van der Waals surface area contributed by atoms with E-state index in [1.165, 1.54) is 16.7 Å². The van der Waals surface area contributed by atoms with E-state index in [9.17, 15) is 4.79 Å². The fraction of sp³-hybridized carbons (Fsp3) is 0.250. The first kappa shape index (κ1) is 19.5. The molecule has 27 heavy (non-hydrogen) atoms. The molecule has 1 N–H and O–H groups in total. The van der Waals surface area contributed by atoms with Gasteiger partial charge in [0.15, 0.2) is 0 Å². The van der Waals surface area contributed by atoms with Crippen LogP contribution in [0, 0.1) is 13.8 Å². The quantitative estimate of drug-likeness (QED) is 0.444. The van der Waals surface area contributed by atoms with Crippen molar-refractivity contribution in [2.75, 3.05) is 12.3 Å². The van der Waals surface area contributed by atoms with Crippen molar-refractivity contribution < 1.29 is 9.32 Å². The van der Waals surface area contributed by atoms with Gasteiger partial charge in [0.2, 0.25) is 0 Å². The van der Waals surface area contributed by atoms with Gasteiger partial charge in [-0.05, 0) is 38.1 Å². The number of benzene rings is 1. The molecular weight excluding hydrogens is 378 g/mol. The Morgan fingerprint density at radius 2 is 1.93 bits per heavy atom. The van der Waals surface area contributed by atoms with Crippen LogP contribution in [0.2, 0.25) is 0 Å². The van der Waals surface area contributed by atoms with E-state index in [0.29, 0.717) is 22.9 Å². The van der Waals surface area contributed by atoms with Gasteiger partial charge in [-0.25, -0.2) is 4.98 Å². The molecule has 0 aliphatic heterocycles. The molecular formula is C20H21N3O2S2. The van der Waals surface area contributed by atoms with Gasteiger partial charge in [0.05, 0.1) is 11.3 Å². The van der Waals surface area contributed by atoms with Crippen LogP contribution in [-0.4, -0.2) is 28.3 Å². The molecule has 0 bridgehead atoms. The number of aromatic nitrogens is 2. The Morgan fingerprint density at radius 1 is 1.11 bits per heavy atom. The first-order valence-corrected chi connectivity index (χ1v) is 10.6. The maximum atomic E-state index is 12.6. The largest absolute Gasteiger partial charge is 0.361 e. The zero-order chi connectivity index (χ0) is 19.1. The van der Waals surface area contributed by atoms with Gasteiger partial charge in [-0.1, -0.05) is 23.4 Å². The van der Waals surface area contributed by atoms with Crippen molar-refractivity contribution in [1.29, 1.82) is 0 Å². The number of rotatable bonds is 8. The highest BCUT2D eigenvalue weighted by Gasteiger charge is 2.15. The molecule has 0 saturated heterocycles. The van der Waals surface area contributed by atoms with Gasteiger partial charge in [0.1, 0.15) is 10.8 Å². The maximum absolute atomic E-state index is 12.6. The first-order valence-electron chi connectivity index (χ1n) is 8.60. The number of nitrogens with one attached hydrogen (secondary N) is 1. The molecule has 3 rings (SSSR count). The van der Waals surface area contributed by atoms with Gasteiger partial charge in [-0.2, -0.15) is 0 Å². The topological polar surface area (TPSA) is 68.0 Å². The summed E-state index contributed by atoms with van der Waals surface area (Å²) in [6.45, 7) is 4.41. The van der Waals surface area contributed by atoms with Crippen LogP contribution in [-0.2, 0) is 5.75 Å². The number of hydrogen-bond acceptors (Lipinski definition) is 6. The van der Waals surface area contributed by atoms with E-state index < -0.39 is 0 Å². The van der Waals surface area contributed by atoms with E-state index in [1.807, 2.05) is 38.1 Å². The number of carbonyl (C=O) groups is 1. The standard InChI is InChI=1S/C20H21N3O2S2/c1-14-18(15(2)25-23-14)13-27-20-17(9-6-10-22-20)19(24)21-11-12-26-16-7-4-3-5-8-16/h3-10H,11-13H2,1-2H3,(H,21,24). The smallest absolute Gasteiger partial charge is 0.254 e. The lowest BCUT2D eigenvalue weighted by Gasteiger charge is -2.09. The highest BCUT2D eigenvalue weighted by Crippen LogP contribution is 2.27. The van der Waals surface area contributed by atoms with Crippen molar-refractivity contribution in [1.82, 2.24) is 15.5 Å². The van der Waals surface area contributed by atoms with Gasteiger partial charge in [0.25, 0.3) is 5.91 Å². The second-order valence-electron chi connectivity index (χ2n) is 5.86. The number of aryl methyl sites for hydroxylation is 2. The third kappa shape index (κ3) is 5.37. The van der Waals surface area contributed by atoms with Gasteiger partial charge < -0.3 is 9.84 Å². The molecule has 0 aliphatic rings. The molecule has 0 spiro atoms. The number of pyridine rings is 1. The molecule has 2 heterocycles. The minimum absolute atomic E-state index is 0.0991. The van der Waals surface area contributed by atoms with Crippen LogP contribution in [0.1, 0.15) is 27.4 Å². The molecule has 7 heteroatoms. The summed E-state index contributed by atoms with van der Waals surface area (Å²) in [5.41, 5.74) is 2.52. The molecule has 2 aromatic heterocycles. The Labute approximate surface area is 167 Å². The van der Waals surface area contributed by atoms with Crippen LogP contribution in [0.5, 0.6) is 0 Å². The first-order chi connectivity index (χ1) is 13.1. The molecule has 0 atom stereocenters. The lowest BCUT2D eigenvalue weighted by Crippen LogP contribution is -2.26. The maximum Gasteiger partial charge on any atom is 0.254 e. The van der Waals surface area contributed by atoms with E-state index >= 15 is 0 Å². The summed E-state index contributed by atoms with van der Waals surface area (Å²) < 4.78 is 5.20. The summed E-state index contributed by atoms with van der Waals surface area (Å²) in [5.74, 6) is 2.19. The van der Waals surface area contributed by atoms with E-state index in [1.54, 1.807) is 24.0 Å².